The highest BCUT2D eigenvalue weighted by Gasteiger charge is 2.07. The van der Waals surface area contributed by atoms with E-state index in [9.17, 15) is 4.79 Å². The van der Waals surface area contributed by atoms with Crippen molar-refractivity contribution in [1.29, 1.82) is 0 Å². The molecule has 2 nitrogen and oxygen atoms in total. The number of hydrogen-bond donors (Lipinski definition) is 0. The molecule has 1 aromatic rings. The summed E-state index contributed by atoms with van der Waals surface area (Å²) in [4.78, 5) is 11.3. The monoisotopic (exact) mass is 336 g/mol. The van der Waals surface area contributed by atoms with Crippen molar-refractivity contribution in [3.8, 4) is 0 Å². The van der Waals surface area contributed by atoms with E-state index in [4.69, 9.17) is 11.6 Å². The Morgan fingerprint density at radius 2 is 2.07 bits per heavy atom. The van der Waals surface area contributed by atoms with E-state index >= 15 is 0 Å². The Morgan fingerprint density at radius 3 is 2.53 bits per heavy atom. The van der Waals surface area contributed by atoms with Crippen LogP contribution >= 0.6 is 34.2 Å². The molecule has 0 atom stereocenters. The molecule has 0 heterocycles. The molecule has 0 aliphatic carbocycles. The third-order valence-electron chi connectivity index (χ3n) is 1.80. The number of benzene rings is 1. The zero-order chi connectivity index (χ0) is 11.3. The fourth-order valence-electron chi connectivity index (χ4n) is 1.04. The van der Waals surface area contributed by atoms with Gasteiger partial charge < -0.3 is 4.74 Å². The van der Waals surface area contributed by atoms with Crippen LogP contribution in [0, 0.1) is 0 Å². The Kier molecular flexibility index (Phi) is 5.11. The normalized spacial score (nSPS) is 11.3. The highest BCUT2D eigenvalue weighted by molar-refractivity contribution is 14.1. The fraction of sp³-hybridized carbons (Fsp3) is 0.182. The summed E-state index contributed by atoms with van der Waals surface area (Å²) in [6.07, 6.45) is 1.80. The predicted molar refractivity (Wildman–Crippen MR) is 70.3 cm³/mol. The van der Waals surface area contributed by atoms with Gasteiger partial charge in [-0.15, -0.1) is 0 Å². The van der Waals surface area contributed by atoms with E-state index in [0.717, 1.165) is 5.56 Å². The van der Waals surface area contributed by atoms with E-state index in [-0.39, 0.29) is 5.97 Å². The summed E-state index contributed by atoms with van der Waals surface area (Å²) in [5, 5.41) is 0.682. The van der Waals surface area contributed by atoms with Gasteiger partial charge in [0, 0.05) is 15.0 Å². The molecule has 0 fully saturated rings. The number of esters is 1. The topological polar surface area (TPSA) is 26.3 Å². The third-order valence-corrected chi connectivity index (χ3v) is 2.88. The molecule has 0 aliphatic heterocycles. The Hall–Kier alpha value is -0.550. The lowest BCUT2D eigenvalue weighted by molar-refractivity contribution is -0.135. The summed E-state index contributed by atoms with van der Waals surface area (Å²) < 4.78 is 5.28. The van der Waals surface area contributed by atoms with Crippen LogP contribution in [0.5, 0.6) is 0 Å². The van der Waals surface area contributed by atoms with Crippen molar-refractivity contribution in [3.63, 3.8) is 0 Å². The van der Waals surface area contributed by atoms with Crippen LogP contribution < -0.4 is 0 Å². The predicted octanol–water partition coefficient (Wildman–Crippen LogP) is 3.33. The van der Waals surface area contributed by atoms with Crippen LogP contribution in [0.3, 0.4) is 0 Å². The first kappa shape index (κ1) is 12.5. The quantitative estimate of drug-likeness (QED) is 0.366. The molecular weight excluding hydrogens is 326 g/mol. The Labute approximate surface area is 107 Å². The number of carbonyl (C=O) groups excluding carboxylic acids is 1. The first-order valence-corrected chi connectivity index (χ1v) is 6.18. The molecule has 0 bridgehead atoms. The zero-order valence-corrected chi connectivity index (χ0v) is 11.1. The molecule has 4 heteroatoms. The van der Waals surface area contributed by atoms with E-state index in [1.54, 1.807) is 18.2 Å². The van der Waals surface area contributed by atoms with Gasteiger partial charge in [0.15, 0.2) is 0 Å². The molecule has 0 unspecified atom stereocenters. The molecule has 0 saturated heterocycles. The van der Waals surface area contributed by atoms with Crippen LogP contribution in [0.1, 0.15) is 5.56 Å². The summed E-state index contributed by atoms with van der Waals surface area (Å²) in [5.74, 6) is -0.292. The average Bonchev–Trinajstić information content (AvgIpc) is 2.27. The standard InChI is InChI=1S/C11H10ClIO2/c1-15-11(14)9(7-13)6-8-2-4-10(12)5-3-8/h2-6H,7H2,1H3/b9-6-. The van der Waals surface area contributed by atoms with Crippen LogP contribution in [0.25, 0.3) is 6.08 Å². The van der Waals surface area contributed by atoms with E-state index in [0.29, 0.717) is 15.0 Å². The lowest BCUT2D eigenvalue weighted by atomic mass is 10.1. The maximum atomic E-state index is 11.3. The molecule has 1 rings (SSSR count). The van der Waals surface area contributed by atoms with Crippen molar-refractivity contribution in [1.82, 2.24) is 0 Å². The van der Waals surface area contributed by atoms with Gasteiger partial charge in [0.1, 0.15) is 0 Å². The first-order valence-electron chi connectivity index (χ1n) is 4.28. The molecule has 0 saturated carbocycles. The van der Waals surface area contributed by atoms with Gasteiger partial charge in [0.25, 0.3) is 0 Å². The number of alkyl halides is 1. The van der Waals surface area contributed by atoms with Crippen LogP contribution in [0.15, 0.2) is 29.8 Å². The van der Waals surface area contributed by atoms with Gasteiger partial charge in [-0.05, 0) is 23.8 Å². The third kappa shape index (κ3) is 3.83. The SMILES string of the molecule is COC(=O)/C(=C\c1ccc(Cl)cc1)CI. The van der Waals surface area contributed by atoms with Crippen molar-refractivity contribution in [2.75, 3.05) is 11.5 Å². The van der Waals surface area contributed by atoms with Crippen molar-refractivity contribution < 1.29 is 9.53 Å². The smallest absolute Gasteiger partial charge is 0.334 e. The maximum absolute atomic E-state index is 11.3. The minimum atomic E-state index is -0.292. The Morgan fingerprint density at radius 1 is 1.47 bits per heavy atom. The van der Waals surface area contributed by atoms with E-state index in [1.165, 1.54) is 7.11 Å². The fourth-order valence-corrected chi connectivity index (χ4v) is 1.70. The summed E-state index contributed by atoms with van der Waals surface area (Å²) >= 11 is 7.88. The van der Waals surface area contributed by atoms with Crippen LogP contribution in [0.2, 0.25) is 5.02 Å². The maximum Gasteiger partial charge on any atom is 0.334 e. The summed E-state index contributed by atoms with van der Waals surface area (Å²) in [6, 6.07) is 7.29. The second-order valence-corrected chi connectivity index (χ2v) is 4.05. The van der Waals surface area contributed by atoms with Crippen molar-refractivity contribution in [2.24, 2.45) is 0 Å². The number of methoxy groups -OCH3 is 1. The molecule has 15 heavy (non-hydrogen) atoms. The van der Waals surface area contributed by atoms with E-state index in [1.807, 2.05) is 12.1 Å². The number of ether oxygens (including phenoxy) is 1. The van der Waals surface area contributed by atoms with Crippen LogP contribution in [-0.2, 0) is 9.53 Å². The minimum absolute atomic E-state index is 0.292. The summed E-state index contributed by atoms with van der Waals surface area (Å²) in [6.45, 7) is 0. The first-order chi connectivity index (χ1) is 7.17. The highest BCUT2D eigenvalue weighted by Crippen LogP contribution is 2.14. The number of halogens is 2. The Bertz CT molecular complexity index is 371. The molecule has 0 aliphatic rings. The van der Waals surface area contributed by atoms with Crippen LogP contribution in [0.4, 0.5) is 0 Å². The average molecular weight is 337 g/mol. The largest absolute Gasteiger partial charge is 0.466 e. The molecule has 0 N–H and O–H groups in total. The number of carbonyl (C=O) groups is 1. The lowest BCUT2D eigenvalue weighted by Gasteiger charge is -2.01. The summed E-state index contributed by atoms with van der Waals surface area (Å²) in [7, 11) is 1.38. The zero-order valence-electron chi connectivity index (χ0n) is 8.17. The molecule has 0 amide bonds. The molecule has 1 aromatic carbocycles. The molecule has 0 aromatic heterocycles. The van der Waals surface area contributed by atoms with Crippen molar-refractivity contribution in [2.45, 2.75) is 0 Å². The van der Waals surface area contributed by atoms with Crippen molar-refractivity contribution >= 4 is 46.2 Å². The molecule has 0 spiro atoms. The van der Waals surface area contributed by atoms with Gasteiger partial charge in [-0.25, -0.2) is 4.79 Å². The second kappa shape index (κ2) is 6.12. The molecule has 0 radical (unpaired) electrons. The lowest BCUT2D eigenvalue weighted by Crippen LogP contribution is -2.05. The second-order valence-electron chi connectivity index (χ2n) is 2.85. The Balaban J connectivity index is 2.93. The van der Waals surface area contributed by atoms with Gasteiger partial charge in [-0.2, -0.15) is 0 Å². The number of rotatable bonds is 3. The van der Waals surface area contributed by atoms with E-state index in [2.05, 4.69) is 27.3 Å². The van der Waals surface area contributed by atoms with Gasteiger partial charge >= 0.3 is 5.97 Å². The summed E-state index contributed by atoms with van der Waals surface area (Å²) in [5.41, 5.74) is 1.58. The molecule has 80 valence electrons. The van der Waals surface area contributed by atoms with Crippen molar-refractivity contribution in [3.05, 3.63) is 40.4 Å². The molecular formula is C11H10ClIO2. The van der Waals surface area contributed by atoms with Gasteiger partial charge in [0.05, 0.1) is 7.11 Å². The van der Waals surface area contributed by atoms with E-state index < -0.39 is 0 Å². The highest BCUT2D eigenvalue weighted by atomic mass is 127. The number of hydrogen-bond acceptors (Lipinski definition) is 2. The minimum Gasteiger partial charge on any atom is -0.466 e. The van der Waals surface area contributed by atoms with Gasteiger partial charge in [-0.1, -0.05) is 46.3 Å². The van der Waals surface area contributed by atoms with Gasteiger partial charge in [0.2, 0.25) is 0 Å². The van der Waals surface area contributed by atoms with Gasteiger partial charge in [-0.3, -0.25) is 0 Å². The van der Waals surface area contributed by atoms with Crippen LogP contribution in [-0.4, -0.2) is 17.5 Å².